The summed E-state index contributed by atoms with van der Waals surface area (Å²) < 4.78 is 5.46. The normalized spacial score (nSPS) is 36.7. The lowest BCUT2D eigenvalue weighted by atomic mass is 9.60. The van der Waals surface area contributed by atoms with Gasteiger partial charge in [0.2, 0.25) is 0 Å². The second kappa shape index (κ2) is 3.96. The van der Waals surface area contributed by atoms with E-state index in [1.54, 1.807) is 11.1 Å². The zero-order valence-electron chi connectivity index (χ0n) is 10.9. The van der Waals surface area contributed by atoms with E-state index in [0.29, 0.717) is 0 Å². The Labute approximate surface area is 109 Å². The van der Waals surface area contributed by atoms with Crippen molar-refractivity contribution in [3.8, 4) is 0 Å². The molecule has 1 aromatic rings. The number of hydrogen-bond acceptors (Lipinski definition) is 1. The SMILES string of the molecule is COCC1=C(c2ccccc2)[C@@H]2[C@H]3CC[C@H](C3)[C@H]12. The summed E-state index contributed by atoms with van der Waals surface area (Å²) in [5, 5.41) is 0. The van der Waals surface area contributed by atoms with Gasteiger partial charge in [-0.05, 0) is 59.6 Å². The third-order valence-electron chi connectivity index (χ3n) is 5.38. The molecule has 0 N–H and O–H groups in total. The Bertz CT molecular complexity index is 488. The molecular weight excluding hydrogens is 220 g/mol. The van der Waals surface area contributed by atoms with Gasteiger partial charge in [0.25, 0.3) is 0 Å². The molecule has 0 aliphatic heterocycles. The Kier molecular flexibility index (Phi) is 2.38. The van der Waals surface area contributed by atoms with Crippen molar-refractivity contribution >= 4 is 5.57 Å². The van der Waals surface area contributed by atoms with E-state index < -0.39 is 0 Å². The summed E-state index contributed by atoms with van der Waals surface area (Å²) in [6, 6.07) is 11.0. The Morgan fingerprint density at radius 2 is 1.78 bits per heavy atom. The largest absolute Gasteiger partial charge is 0.380 e. The fourth-order valence-electron chi connectivity index (χ4n) is 4.83. The van der Waals surface area contributed by atoms with Gasteiger partial charge in [0.1, 0.15) is 0 Å². The van der Waals surface area contributed by atoms with Crippen LogP contribution in [0.15, 0.2) is 35.9 Å². The van der Waals surface area contributed by atoms with Crippen LogP contribution in [0.5, 0.6) is 0 Å². The molecule has 0 radical (unpaired) electrons. The molecule has 0 saturated heterocycles. The minimum absolute atomic E-state index is 0.842. The van der Waals surface area contributed by atoms with Gasteiger partial charge in [-0.3, -0.25) is 0 Å². The first kappa shape index (κ1) is 10.8. The Morgan fingerprint density at radius 1 is 1.06 bits per heavy atom. The number of allylic oxidation sites excluding steroid dienone is 1. The second-order valence-corrected chi connectivity index (χ2v) is 6.12. The molecule has 1 heteroatoms. The van der Waals surface area contributed by atoms with Crippen LogP contribution in [0.25, 0.3) is 5.57 Å². The first-order valence-electron chi connectivity index (χ1n) is 7.17. The lowest BCUT2D eigenvalue weighted by Crippen LogP contribution is -2.36. The number of rotatable bonds is 3. The van der Waals surface area contributed by atoms with E-state index in [2.05, 4.69) is 30.3 Å². The van der Waals surface area contributed by atoms with Crippen LogP contribution in [0.3, 0.4) is 0 Å². The van der Waals surface area contributed by atoms with Crippen molar-refractivity contribution in [2.24, 2.45) is 23.7 Å². The summed E-state index contributed by atoms with van der Waals surface area (Å²) >= 11 is 0. The maximum Gasteiger partial charge on any atom is 0.0682 e. The predicted octanol–water partition coefficient (Wildman–Crippen LogP) is 3.76. The van der Waals surface area contributed by atoms with Crippen molar-refractivity contribution in [1.29, 1.82) is 0 Å². The first-order chi connectivity index (χ1) is 8.90. The molecule has 3 aliphatic rings. The minimum Gasteiger partial charge on any atom is -0.380 e. The summed E-state index contributed by atoms with van der Waals surface area (Å²) in [6.45, 7) is 0.842. The van der Waals surface area contributed by atoms with Crippen LogP contribution in [0.1, 0.15) is 24.8 Å². The van der Waals surface area contributed by atoms with Gasteiger partial charge in [0.05, 0.1) is 6.61 Å². The Balaban J connectivity index is 1.77. The standard InChI is InChI=1S/C17H20O/c1-18-10-14-15(11-5-3-2-4-6-11)17-13-8-7-12(9-13)16(14)17/h2-6,12-13,16-17H,7-10H2,1H3/t12-,13+,16-,17+/m1/s1. The highest BCUT2D eigenvalue weighted by molar-refractivity contribution is 5.78. The summed E-state index contributed by atoms with van der Waals surface area (Å²) in [5.41, 5.74) is 4.69. The third kappa shape index (κ3) is 1.31. The van der Waals surface area contributed by atoms with Gasteiger partial charge in [-0.15, -0.1) is 0 Å². The molecule has 4 atom stereocenters. The monoisotopic (exact) mass is 240 g/mol. The molecule has 0 amide bonds. The average Bonchev–Trinajstić information content (AvgIpc) is 2.95. The van der Waals surface area contributed by atoms with E-state index in [1.165, 1.54) is 24.8 Å². The first-order valence-corrected chi connectivity index (χ1v) is 7.17. The number of benzene rings is 1. The van der Waals surface area contributed by atoms with E-state index >= 15 is 0 Å². The maximum absolute atomic E-state index is 5.46. The van der Waals surface area contributed by atoms with Gasteiger partial charge in [-0.2, -0.15) is 0 Å². The molecule has 0 unspecified atom stereocenters. The zero-order chi connectivity index (χ0) is 12.1. The van der Waals surface area contributed by atoms with Crippen LogP contribution in [-0.2, 0) is 4.74 Å². The summed E-state index contributed by atoms with van der Waals surface area (Å²) in [6.07, 6.45) is 4.39. The fraction of sp³-hybridized carbons (Fsp3) is 0.529. The smallest absolute Gasteiger partial charge is 0.0682 e. The second-order valence-electron chi connectivity index (χ2n) is 6.12. The quantitative estimate of drug-likeness (QED) is 0.781. The molecule has 3 aliphatic carbocycles. The molecule has 94 valence electrons. The number of ether oxygens (including phenoxy) is 1. The molecule has 1 nitrogen and oxygen atoms in total. The van der Waals surface area contributed by atoms with Gasteiger partial charge in [0, 0.05) is 7.11 Å². The Morgan fingerprint density at radius 3 is 2.50 bits per heavy atom. The topological polar surface area (TPSA) is 9.23 Å². The van der Waals surface area contributed by atoms with Crippen molar-refractivity contribution in [3.05, 3.63) is 41.5 Å². The highest BCUT2D eigenvalue weighted by Gasteiger charge is 2.56. The van der Waals surface area contributed by atoms with E-state index in [9.17, 15) is 0 Å². The van der Waals surface area contributed by atoms with Gasteiger partial charge in [0.15, 0.2) is 0 Å². The van der Waals surface area contributed by atoms with Gasteiger partial charge in [-0.25, -0.2) is 0 Å². The van der Waals surface area contributed by atoms with Gasteiger partial charge in [-0.1, -0.05) is 30.3 Å². The molecule has 0 heterocycles. The van der Waals surface area contributed by atoms with Crippen LogP contribution in [0, 0.1) is 23.7 Å². The van der Waals surface area contributed by atoms with E-state index in [4.69, 9.17) is 4.74 Å². The average molecular weight is 240 g/mol. The molecule has 2 saturated carbocycles. The molecule has 0 spiro atoms. The van der Waals surface area contributed by atoms with Crippen molar-refractivity contribution < 1.29 is 4.74 Å². The Hall–Kier alpha value is -1.08. The molecule has 0 aromatic heterocycles. The summed E-state index contributed by atoms with van der Waals surface area (Å²) in [7, 11) is 1.83. The minimum atomic E-state index is 0.842. The number of fused-ring (bicyclic) bond motifs is 5. The highest BCUT2D eigenvalue weighted by atomic mass is 16.5. The van der Waals surface area contributed by atoms with Crippen LogP contribution in [0.2, 0.25) is 0 Å². The van der Waals surface area contributed by atoms with Crippen molar-refractivity contribution in [2.45, 2.75) is 19.3 Å². The van der Waals surface area contributed by atoms with Crippen molar-refractivity contribution in [1.82, 2.24) is 0 Å². The van der Waals surface area contributed by atoms with Gasteiger partial charge < -0.3 is 4.74 Å². The maximum atomic E-state index is 5.46. The van der Waals surface area contributed by atoms with E-state index in [1.807, 2.05) is 7.11 Å². The van der Waals surface area contributed by atoms with Crippen LogP contribution in [0.4, 0.5) is 0 Å². The third-order valence-corrected chi connectivity index (χ3v) is 5.38. The molecule has 2 fully saturated rings. The van der Waals surface area contributed by atoms with Crippen molar-refractivity contribution in [2.75, 3.05) is 13.7 Å². The molecular formula is C17H20O. The lowest BCUT2D eigenvalue weighted by Gasteiger charge is -2.45. The van der Waals surface area contributed by atoms with Crippen LogP contribution >= 0.6 is 0 Å². The number of methoxy groups -OCH3 is 1. The highest BCUT2D eigenvalue weighted by Crippen LogP contribution is 2.65. The summed E-state index contributed by atoms with van der Waals surface area (Å²) in [4.78, 5) is 0. The molecule has 2 bridgehead atoms. The lowest BCUT2D eigenvalue weighted by molar-refractivity contribution is 0.182. The molecule has 18 heavy (non-hydrogen) atoms. The predicted molar refractivity (Wildman–Crippen MR) is 73.0 cm³/mol. The van der Waals surface area contributed by atoms with Gasteiger partial charge >= 0.3 is 0 Å². The molecule has 4 rings (SSSR count). The van der Waals surface area contributed by atoms with Crippen LogP contribution in [-0.4, -0.2) is 13.7 Å². The fourth-order valence-corrected chi connectivity index (χ4v) is 4.83. The zero-order valence-corrected chi connectivity index (χ0v) is 10.9. The summed E-state index contributed by atoms with van der Waals surface area (Å²) in [5.74, 6) is 3.66. The van der Waals surface area contributed by atoms with E-state index in [0.717, 1.165) is 30.3 Å². The molecule has 1 aromatic carbocycles. The number of hydrogen-bond donors (Lipinski definition) is 0. The van der Waals surface area contributed by atoms with Crippen LogP contribution < -0.4 is 0 Å². The van der Waals surface area contributed by atoms with Crippen molar-refractivity contribution in [3.63, 3.8) is 0 Å². The van der Waals surface area contributed by atoms with E-state index in [-0.39, 0.29) is 0 Å².